The van der Waals surface area contributed by atoms with E-state index in [2.05, 4.69) is 10.3 Å². The SMILES string of the molecule is CCNc1cc([N+](=O)[O-])cc(Oc2ccc(F)cc2)n1. The molecular weight excluding hydrogens is 265 g/mol. The van der Waals surface area contributed by atoms with Gasteiger partial charge in [-0.3, -0.25) is 10.1 Å². The molecule has 0 bridgehead atoms. The van der Waals surface area contributed by atoms with E-state index >= 15 is 0 Å². The molecule has 0 saturated carbocycles. The molecule has 104 valence electrons. The summed E-state index contributed by atoms with van der Waals surface area (Å²) in [7, 11) is 0. The maximum atomic E-state index is 12.8. The third-order valence-electron chi connectivity index (χ3n) is 2.39. The average molecular weight is 277 g/mol. The second-order valence-corrected chi connectivity index (χ2v) is 3.89. The lowest BCUT2D eigenvalue weighted by molar-refractivity contribution is -0.384. The summed E-state index contributed by atoms with van der Waals surface area (Å²) in [5.74, 6) is 0.375. The Kier molecular flexibility index (Phi) is 4.09. The summed E-state index contributed by atoms with van der Waals surface area (Å²) in [5, 5.41) is 13.7. The van der Waals surface area contributed by atoms with Crippen molar-refractivity contribution in [1.82, 2.24) is 4.98 Å². The number of halogens is 1. The summed E-state index contributed by atoms with van der Waals surface area (Å²) in [4.78, 5) is 14.4. The van der Waals surface area contributed by atoms with E-state index in [4.69, 9.17) is 4.74 Å². The minimum absolute atomic E-state index is 0.0711. The molecule has 0 fully saturated rings. The summed E-state index contributed by atoms with van der Waals surface area (Å²) in [5.41, 5.74) is -0.131. The molecule has 1 aromatic heterocycles. The zero-order chi connectivity index (χ0) is 14.5. The Bertz CT molecular complexity index is 617. The van der Waals surface area contributed by atoms with Crippen LogP contribution in [0, 0.1) is 15.9 Å². The highest BCUT2D eigenvalue weighted by atomic mass is 19.1. The van der Waals surface area contributed by atoms with E-state index < -0.39 is 10.7 Å². The number of ether oxygens (including phenoxy) is 1. The molecular formula is C13H12FN3O3. The van der Waals surface area contributed by atoms with Gasteiger partial charge in [0.1, 0.15) is 17.4 Å². The lowest BCUT2D eigenvalue weighted by Gasteiger charge is -2.07. The molecule has 0 radical (unpaired) electrons. The van der Waals surface area contributed by atoms with Crippen molar-refractivity contribution in [3.63, 3.8) is 0 Å². The molecule has 0 aliphatic carbocycles. The van der Waals surface area contributed by atoms with Crippen LogP contribution in [0.25, 0.3) is 0 Å². The first kappa shape index (κ1) is 13.7. The van der Waals surface area contributed by atoms with Crippen LogP contribution in [0.3, 0.4) is 0 Å². The quantitative estimate of drug-likeness (QED) is 0.669. The number of anilines is 1. The highest BCUT2D eigenvalue weighted by molar-refractivity contribution is 5.49. The zero-order valence-electron chi connectivity index (χ0n) is 10.7. The van der Waals surface area contributed by atoms with Gasteiger partial charge in [-0.2, -0.15) is 4.98 Å². The Morgan fingerprint density at radius 1 is 1.35 bits per heavy atom. The van der Waals surface area contributed by atoms with Crippen LogP contribution in [0.2, 0.25) is 0 Å². The van der Waals surface area contributed by atoms with Crippen molar-refractivity contribution in [3.05, 3.63) is 52.3 Å². The standard InChI is InChI=1S/C13H12FN3O3/c1-2-15-12-7-10(17(18)19)8-13(16-12)20-11-5-3-9(14)4-6-11/h3-8H,2H2,1H3,(H,15,16). The van der Waals surface area contributed by atoms with Gasteiger partial charge >= 0.3 is 0 Å². The summed E-state index contributed by atoms with van der Waals surface area (Å²) in [6.45, 7) is 2.42. The molecule has 0 unspecified atom stereocenters. The van der Waals surface area contributed by atoms with Crippen LogP contribution in [-0.4, -0.2) is 16.5 Å². The smallest absolute Gasteiger partial charge is 0.278 e. The number of benzene rings is 1. The third-order valence-corrected chi connectivity index (χ3v) is 2.39. The van der Waals surface area contributed by atoms with E-state index in [-0.39, 0.29) is 11.6 Å². The lowest BCUT2D eigenvalue weighted by atomic mass is 10.3. The Morgan fingerprint density at radius 2 is 2.05 bits per heavy atom. The Labute approximate surface area is 114 Å². The van der Waals surface area contributed by atoms with Crippen molar-refractivity contribution in [3.8, 4) is 11.6 Å². The molecule has 0 aliphatic rings. The van der Waals surface area contributed by atoms with Crippen LogP contribution in [0.4, 0.5) is 15.9 Å². The predicted molar refractivity (Wildman–Crippen MR) is 71.5 cm³/mol. The number of aromatic nitrogens is 1. The lowest BCUT2D eigenvalue weighted by Crippen LogP contribution is -2.01. The number of nitrogens with zero attached hydrogens (tertiary/aromatic N) is 2. The van der Waals surface area contributed by atoms with Gasteiger partial charge in [0.15, 0.2) is 0 Å². The second kappa shape index (κ2) is 5.96. The molecule has 0 amide bonds. The average Bonchev–Trinajstić information content (AvgIpc) is 2.41. The molecule has 2 rings (SSSR count). The van der Waals surface area contributed by atoms with Gasteiger partial charge in [-0.15, -0.1) is 0 Å². The number of rotatable bonds is 5. The van der Waals surface area contributed by atoms with E-state index in [9.17, 15) is 14.5 Å². The van der Waals surface area contributed by atoms with Crippen molar-refractivity contribution in [2.45, 2.75) is 6.92 Å². The van der Waals surface area contributed by atoms with Gasteiger partial charge in [-0.25, -0.2) is 4.39 Å². The van der Waals surface area contributed by atoms with E-state index in [1.165, 1.54) is 36.4 Å². The molecule has 7 heteroatoms. The molecule has 2 aromatic rings. The Morgan fingerprint density at radius 3 is 2.65 bits per heavy atom. The normalized spacial score (nSPS) is 10.1. The van der Waals surface area contributed by atoms with E-state index in [1.54, 1.807) is 0 Å². The first-order valence-corrected chi connectivity index (χ1v) is 5.92. The highest BCUT2D eigenvalue weighted by Gasteiger charge is 2.12. The molecule has 0 saturated heterocycles. The monoisotopic (exact) mass is 277 g/mol. The topological polar surface area (TPSA) is 77.3 Å². The second-order valence-electron chi connectivity index (χ2n) is 3.89. The summed E-state index contributed by atoms with van der Waals surface area (Å²) >= 11 is 0. The van der Waals surface area contributed by atoms with Gasteiger partial charge in [0.05, 0.1) is 17.1 Å². The molecule has 20 heavy (non-hydrogen) atoms. The number of pyridine rings is 1. The molecule has 1 N–H and O–H groups in total. The first-order valence-electron chi connectivity index (χ1n) is 5.92. The summed E-state index contributed by atoms with van der Waals surface area (Å²) in [6, 6.07) is 7.84. The van der Waals surface area contributed by atoms with E-state index in [0.29, 0.717) is 18.1 Å². The maximum Gasteiger partial charge on any atom is 0.278 e. The van der Waals surface area contributed by atoms with Crippen LogP contribution < -0.4 is 10.1 Å². The number of hydrogen-bond donors (Lipinski definition) is 1. The van der Waals surface area contributed by atoms with Crippen LogP contribution in [-0.2, 0) is 0 Å². The maximum absolute atomic E-state index is 12.8. The van der Waals surface area contributed by atoms with Crippen LogP contribution in [0.1, 0.15) is 6.92 Å². The van der Waals surface area contributed by atoms with Crippen molar-refractivity contribution < 1.29 is 14.1 Å². The molecule has 0 aliphatic heterocycles. The molecule has 6 nitrogen and oxygen atoms in total. The van der Waals surface area contributed by atoms with Crippen molar-refractivity contribution in [2.75, 3.05) is 11.9 Å². The Hall–Kier alpha value is -2.70. The van der Waals surface area contributed by atoms with Gasteiger partial charge in [0.25, 0.3) is 5.69 Å². The van der Waals surface area contributed by atoms with Gasteiger partial charge in [0, 0.05) is 6.54 Å². The van der Waals surface area contributed by atoms with Gasteiger partial charge < -0.3 is 10.1 Å². The fourth-order valence-corrected chi connectivity index (χ4v) is 1.54. The number of nitro groups is 1. The molecule has 0 spiro atoms. The first-order chi connectivity index (χ1) is 9.58. The van der Waals surface area contributed by atoms with E-state index in [0.717, 1.165) is 0 Å². The summed E-state index contributed by atoms with van der Waals surface area (Å²) < 4.78 is 18.2. The molecule has 1 aromatic carbocycles. The number of nitrogens with one attached hydrogen (secondary N) is 1. The number of hydrogen-bond acceptors (Lipinski definition) is 5. The van der Waals surface area contributed by atoms with E-state index in [1.807, 2.05) is 6.92 Å². The minimum Gasteiger partial charge on any atom is -0.439 e. The van der Waals surface area contributed by atoms with Crippen molar-refractivity contribution in [2.24, 2.45) is 0 Å². The Balaban J connectivity index is 2.29. The third kappa shape index (κ3) is 3.41. The molecule has 0 atom stereocenters. The fraction of sp³-hybridized carbons (Fsp3) is 0.154. The van der Waals surface area contributed by atoms with Gasteiger partial charge in [0.2, 0.25) is 5.88 Å². The van der Waals surface area contributed by atoms with Gasteiger partial charge in [-0.1, -0.05) is 0 Å². The van der Waals surface area contributed by atoms with Crippen LogP contribution in [0.15, 0.2) is 36.4 Å². The largest absolute Gasteiger partial charge is 0.439 e. The van der Waals surface area contributed by atoms with Crippen molar-refractivity contribution in [1.29, 1.82) is 0 Å². The fourth-order valence-electron chi connectivity index (χ4n) is 1.54. The summed E-state index contributed by atoms with van der Waals surface area (Å²) in [6.07, 6.45) is 0. The highest BCUT2D eigenvalue weighted by Crippen LogP contribution is 2.26. The van der Waals surface area contributed by atoms with Gasteiger partial charge in [-0.05, 0) is 31.2 Å². The van der Waals surface area contributed by atoms with Crippen molar-refractivity contribution >= 4 is 11.5 Å². The minimum atomic E-state index is -0.528. The van der Waals surface area contributed by atoms with Crippen LogP contribution >= 0.6 is 0 Å². The zero-order valence-corrected chi connectivity index (χ0v) is 10.7. The molecule has 1 heterocycles. The van der Waals surface area contributed by atoms with Crippen LogP contribution in [0.5, 0.6) is 11.6 Å². The predicted octanol–water partition coefficient (Wildman–Crippen LogP) is 3.35.